The minimum atomic E-state index is -4.02. The van der Waals surface area contributed by atoms with Crippen LogP contribution in [0.4, 0.5) is 11.4 Å². The number of carbonyl (C=O) groups is 1. The second kappa shape index (κ2) is 10.7. The molecule has 0 fully saturated rings. The Kier molecular flexibility index (Phi) is 8.35. The topological polar surface area (TPSA) is 179 Å². The van der Waals surface area contributed by atoms with Gasteiger partial charge in [0, 0.05) is 26.9 Å². The number of amides is 1. The van der Waals surface area contributed by atoms with Gasteiger partial charge < -0.3 is 19.8 Å². The summed E-state index contributed by atoms with van der Waals surface area (Å²) in [7, 11) is -4.16. The number of amidine groups is 1. The number of hydrogen-bond acceptors (Lipinski definition) is 10. The first-order valence-electron chi connectivity index (χ1n) is 11.8. The summed E-state index contributed by atoms with van der Waals surface area (Å²) in [6, 6.07) is 4.43. The van der Waals surface area contributed by atoms with Gasteiger partial charge in [0.2, 0.25) is 0 Å². The van der Waals surface area contributed by atoms with Crippen LogP contribution in [-0.4, -0.2) is 67.6 Å². The predicted molar refractivity (Wildman–Crippen MR) is 150 cm³/mol. The number of aryl methyl sites for hydroxylation is 1. The molecule has 0 saturated carbocycles. The van der Waals surface area contributed by atoms with Gasteiger partial charge in [-0.1, -0.05) is 20.8 Å². The highest BCUT2D eigenvalue weighted by Crippen LogP contribution is 2.52. The molecule has 0 bridgehead atoms. The van der Waals surface area contributed by atoms with Crippen LogP contribution in [0.3, 0.4) is 0 Å². The van der Waals surface area contributed by atoms with E-state index in [2.05, 4.69) is 19.9 Å². The van der Waals surface area contributed by atoms with Crippen LogP contribution in [0.25, 0.3) is 0 Å². The lowest BCUT2D eigenvalue weighted by Gasteiger charge is -2.30. The van der Waals surface area contributed by atoms with Crippen molar-refractivity contribution in [1.29, 1.82) is 0 Å². The summed E-state index contributed by atoms with van der Waals surface area (Å²) in [6.07, 6.45) is 1.75. The van der Waals surface area contributed by atoms with Crippen molar-refractivity contribution in [2.24, 2.45) is 10.2 Å². The number of aromatic nitrogens is 2. The molecule has 0 spiro atoms. The van der Waals surface area contributed by atoms with Crippen molar-refractivity contribution in [2.75, 3.05) is 37.0 Å². The van der Waals surface area contributed by atoms with Crippen molar-refractivity contribution in [3.8, 4) is 5.75 Å². The van der Waals surface area contributed by atoms with Crippen LogP contribution in [0.5, 0.6) is 5.75 Å². The van der Waals surface area contributed by atoms with Crippen LogP contribution in [0.15, 0.2) is 27.8 Å². The number of fused-ring (bicyclic) bond motifs is 1. The summed E-state index contributed by atoms with van der Waals surface area (Å²) < 4.78 is 46.9. The Morgan fingerprint density at radius 3 is 2.50 bits per heavy atom. The largest absolute Gasteiger partial charge is 0.505 e. The highest BCUT2D eigenvalue weighted by molar-refractivity contribution is 8.24. The Hall–Kier alpha value is -2.90. The first kappa shape index (κ1) is 29.7. The molecule has 210 valence electrons. The quantitative estimate of drug-likeness (QED) is 0.295. The SMILES string of the molecule is CCOP1(=O)N=C(c2c(O)c(C(=O)N(C)C)nn(CCC(C)(C)C)c2=O)Nc2ccc(NS(C)(O)O)cc21. The molecular formula is C23H35N6O7PS. The smallest absolute Gasteiger partial charge is 0.348 e. The number of benzene rings is 1. The van der Waals surface area contributed by atoms with Crippen LogP contribution >= 0.6 is 18.3 Å². The van der Waals surface area contributed by atoms with E-state index in [0.29, 0.717) is 6.42 Å². The number of rotatable bonds is 8. The summed E-state index contributed by atoms with van der Waals surface area (Å²) in [6.45, 7) is 7.78. The molecule has 5 N–H and O–H groups in total. The van der Waals surface area contributed by atoms with Gasteiger partial charge in [-0.15, -0.1) is 10.8 Å². The Morgan fingerprint density at radius 1 is 1.29 bits per heavy atom. The number of nitrogens with one attached hydrogen (secondary N) is 2. The summed E-state index contributed by atoms with van der Waals surface area (Å²) in [5, 5.41) is 18.3. The third kappa shape index (κ3) is 6.56. The minimum absolute atomic E-state index is 0.0105. The molecule has 0 saturated heterocycles. The van der Waals surface area contributed by atoms with Gasteiger partial charge in [0.15, 0.2) is 17.3 Å². The average molecular weight is 571 g/mol. The molecule has 2 heterocycles. The Labute approximate surface area is 222 Å². The van der Waals surface area contributed by atoms with Crippen LogP contribution < -0.4 is 20.9 Å². The molecule has 3 rings (SSSR count). The van der Waals surface area contributed by atoms with Crippen LogP contribution in [0.1, 0.15) is 50.2 Å². The van der Waals surface area contributed by atoms with E-state index in [1.165, 1.54) is 43.5 Å². The van der Waals surface area contributed by atoms with Crippen molar-refractivity contribution in [3.05, 3.63) is 39.8 Å². The normalized spacial score (nSPS) is 17.8. The van der Waals surface area contributed by atoms with Gasteiger partial charge in [-0.2, -0.15) is 9.86 Å². The lowest BCUT2D eigenvalue weighted by molar-refractivity contribution is 0.0815. The van der Waals surface area contributed by atoms with Gasteiger partial charge in [-0.3, -0.25) is 28.0 Å². The average Bonchev–Trinajstić information content (AvgIpc) is 2.77. The van der Waals surface area contributed by atoms with E-state index in [1.807, 2.05) is 20.8 Å². The lowest BCUT2D eigenvalue weighted by atomic mass is 9.92. The fraction of sp³-hybridized carbons (Fsp3) is 0.478. The van der Waals surface area contributed by atoms with Crippen molar-refractivity contribution >= 4 is 46.7 Å². The van der Waals surface area contributed by atoms with Gasteiger partial charge in [0.1, 0.15) is 5.56 Å². The van der Waals surface area contributed by atoms with Gasteiger partial charge in [0.25, 0.3) is 11.5 Å². The molecule has 1 amide bonds. The van der Waals surface area contributed by atoms with Gasteiger partial charge >= 0.3 is 7.52 Å². The minimum Gasteiger partial charge on any atom is -0.505 e. The zero-order valence-electron chi connectivity index (χ0n) is 22.5. The number of anilines is 2. The number of nitrogens with zero attached hydrogens (tertiary/aromatic N) is 4. The third-order valence-corrected chi connectivity index (χ3v) is 8.12. The predicted octanol–water partition coefficient (Wildman–Crippen LogP) is 3.52. The highest BCUT2D eigenvalue weighted by Gasteiger charge is 2.37. The summed E-state index contributed by atoms with van der Waals surface area (Å²) in [4.78, 5) is 27.6. The second-order valence-corrected chi connectivity index (χ2v) is 14.1. The van der Waals surface area contributed by atoms with Crippen LogP contribution in [-0.2, 0) is 15.6 Å². The van der Waals surface area contributed by atoms with Gasteiger partial charge in [0.05, 0.1) is 23.3 Å². The fourth-order valence-electron chi connectivity index (χ4n) is 3.61. The van der Waals surface area contributed by atoms with E-state index >= 15 is 0 Å². The maximum atomic E-state index is 14.0. The fourth-order valence-corrected chi connectivity index (χ4v) is 5.98. The third-order valence-electron chi connectivity index (χ3n) is 5.45. The summed E-state index contributed by atoms with van der Waals surface area (Å²) >= 11 is 0. The molecule has 2 aromatic rings. The molecule has 1 atom stereocenters. The molecule has 13 nitrogen and oxygen atoms in total. The zero-order valence-corrected chi connectivity index (χ0v) is 24.2. The monoisotopic (exact) mass is 570 g/mol. The summed E-state index contributed by atoms with van der Waals surface area (Å²) in [5.41, 5.74) is -1.06. The van der Waals surface area contributed by atoms with E-state index < -0.39 is 35.5 Å². The molecular weight excluding hydrogens is 535 g/mol. The molecule has 1 aromatic heterocycles. The van der Waals surface area contributed by atoms with E-state index in [-0.39, 0.29) is 52.3 Å². The van der Waals surface area contributed by atoms with E-state index in [4.69, 9.17) is 4.52 Å². The van der Waals surface area contributed by atoms with Crippen LogP contribution in [0, 0.1) is 5.41 Å². The van der Waals surface area contributed by atoms with Crippen molar-refractivity contribution in [3.63, 3.8) is 0 Å². The first-order valence-corrected chi connectivity index (χ1v) is 15.3. The molecule has 0 radical (unpaired) electrons. The van der Waals surface area contributed by atoms with Crippen molar-refractivity contribution < 1.29 is 28.1 Å². The van der Waals surface area contributed by atoms with Crippen molar-refractivity contribution in [2.45, 2.75) is 40.7 Å². The number of hydrogen-bond donors (Lipinski definition) is 5. The second-order valence-electron chi connectivity index (χ2n) is 10.3. The van der Waals surface area contributed by atoms with Gasteiger partial charge in [-0.05, 0) is 37.0 Å². The number of carbonyl (C=O) groups excluding carboxylic acids is 1. The zero-order chi connectivity index (χ0) is 28.6. The molecule has 38 heavy (non-hydrogen) atoms. The van der Waals surface area contributed by atoms with Crippen LogP contribution in [0.2, 0.25) is 0 Å². The molecule has 1 aromatic carbocycles. The summed E-state index contributed by atoms with van der Waals surface area (Å²) in [5.74, 6) is -1.57. The maximum absolute atomic E-state index is 14.0. The Morgan fingerprint density at radius 2 is 1.95 bits per heavy atom. The van der Waals surface area contributed by atoms with E-state index in [1.54, 1.807) is 6.92 Å². The van der Waals surface area contributed by atoms with Crippen molar-refractivity contribution in [1.82, 2.24) is 14.7 Å². The highest BCUT2D eigenvalue weighted by atomic mass is 32.3. The van der Waals surface area contributed by atoms with E-state index in [9.17, 15) is 28.4 Å². The molecule has 0 aliphatic carbocycles. The van der Waals surface area contributed by atoms with E-state index in [0.717, 1.165) is 4.68 Å². The Bertz CT molecular complexity index is 1380. The molecule has 1 unspecified atom stereocenters. The Balaban J connectivity index is 2.23. The number of aromatic hydroxyl groups is 1. The lowest BCUT2D eigenvalue weighted by Crippen LogP contribution is -2.37. The first-order chi connectivity index (χ1) is 17.5. The standard InChI is InChI=1S/C23H35N6O7PS/c1-8-36-37(33)16-13-14(27-38(7,34)35)9-10-15(16)24-20(26-37)17-19(30)18(22(32)28(5)6)25-29(21(17)31)12-11-23(2,3)4/h9-10,13,27,30,34-35H,8,11-12H2,1-7H3,(H,24,26,33). The molecule has 1 aliphatic rings. The van der Waals surface area contributed by atoms with Gasteiger partial charge in [-0.25, -0.2) is 4.68 Å². The molecule has 15 heteroatoms. The molecule has 1 aliphatic heterocycles. The maximum Gasteiger partial charge on any atom is 0.348 e.